The van der Waals surface area contributed by atoms with E-state index < -0.39 is 0 Å². The standard InChI is InChI=1S/C13H12BrNO2S/c1-8-9-5-7-18-11(9)4-6-15(8)13(16)10-2-3-12(14)17-10/h2-3,5,7-8H,4,6H2,1H3. The van der Waals surface area contributed by atoms with Gasteiger partial charge < -0.3 is 9.32 Å². The van der Waals surface area contributed by atoms with Gasteiger partial charge in [0.05, 0.1) is 6.04 Å². The van der Waals surface area contributed by atoms with Crippen LogP contribution in [0.1, 0.15) is 34.0 Å². The van der Waals surface area contributed by atoms with Crippen molar-refractivity contribution in [1.29, 1.82) is 0 Å². The highest BCUT2D eigenvalue weighted by molar-refractivity contribution is 9.10. The fourth-order valence-electron chi connectivity index (χ4n) is 2.36. The van der Waals surface area contributed by atoms with Gasteiger partial charge in [-0.3, -0.25) is 4.79 Å². The van der Waals surface area contributed by atoms with Gasteiger partial charge in [-0.15, -0.1) is 11.3 Å². The van der Waals surface area contributed by atoms with Gasteiger partial charge in [-0.1, -0.05) is 0 Å². The number of thiophene rings is 1. The van der Waals surface area contributed by atoms with Crippen LogP contribution in [0.15, 0.2) is 32.7 Å². The average molecular weight is 326 g/mol. The van der Waals surface area contributed by atoms with Crippen molar-refractivity contribution in [3.05, 3.63) is 44.4 Å². The third-order valence-corrected chi connectivity index (χ3v) is 4.74. The first-order valence-corrected chi connectivity index (χ1v) is 7.46. The first-order chi connectivity index (χ1) is 8.66. The van der Waals surface area contributed by atoms with Crippen LogP contribution in [-0.2, 0) is 6.42 Å². The summed E-state index contributed by atoms with van der Waals surface area (Å²) < 4.78 is 5.93. The number of carbonyl (C=O) groups excluding carboxylic acids is 1. The number of amides is 1. The van der Waals surface area contributed by atoms with Crippen molar-refractivity contribution in [2.24, 2.45) is 0 Å². The largest absolute Gasteiger partial charge is 0.444 e. The molecule has 0 saturated heterocycles. The third kappa shape index (κ3) is 1.91. The quantitative estimate of drug-likeness (QED) is 0.797. The van der Waals surface area contributed by atoms with Crippen LogP contribution in [-0.4, -0.2) is 17.4 Å². The molecule has 1 unspecified atom stereocenters. The van der Waals surface area contributed by atoms with Crippen molar-refractivity contribution in [3.8, 4) is 0 Å². The van der Waals surface area contributed by atoms with Crippen LogP contribution in [0.2, 0.25) is 0 Å². The van der Waals surface area contributed by atoms with E-state index in [9.17, 15) is 4.79 Å². The molecule has 0 N–H and O–H groups in total. The van der Waals surface area contributed by atoms with Gasteiger partial charge in [0.2, 0.25) is 0 Å². The molecule has 3 heterocycles. The topological polar surface area (TPSA) is 33.5 Å². The minimum atomic E-state index is -0.0370. The van der Waals surface area contributed by atoms with Crippen LogP contribution >= 0.6 is 27.3 Å². The summed E-state index contributed by atoms with van der Waals surface area (Å²) >= 11 is 5.00. The molecule has 0 spiro atoms. The number of hydrogen-bond acceptors (Lipinski definition) is 3. The van der Waals surface area contributed by atoms with E-state index in [2.05, 4.69) is 34.3 Å². The predicted molar refractivity (Wildman–Crippen MR) is 73.9 cm³/mol. The van der Waals surface area contributed by atoms with Crippen LogP contribution in [0.5, 0.6) is 0 Å². The molecule has 0 bridgehead atoms. The van der Waals surface area contributed by atoms with Crippen molar-refractivity contribution in [2.45, 2.75) is 19.4 Å². The Morgan fingerprint density at radius 1 is 1.50 bits per heavy atom. The summed E-state index contributed by atoms with van der Waals surface area (Å²) in [4.78, 5) is 15.6. The van der Waals surface area contributed by atoms with Crippen LogP contribution < -0.4 is 0 Å². The predicted octanol–water partition coefficient (Wildman–Crippen LogP) is 3.86. The highest BCUT2D eigenvalue weighted by Crippen LogP contribution is 2.33. The Kier molecular flexibility index (Phi) is 3.03. The molecule has 5 heteroatoms. The zero-order chi connectivity index (χ0) is 12.7. The van der Waals surface area contributed by atoms with Crippen LogP contribution in [0.3, 0.4) is 0 Å². The van der Waals surface area contributed by atoms with Crippen molar-refractivity contribution < 1.29 is 9.21 Å². The summed E-state index contributed by atoms with van der Waals surface area (Å²) in [6.45, 7) is 2.83. The van der Waals surface area contributed by atoms with Gasteiger partial charge in [0.25, 0.3) is 5.91 Å². The van der Waals surface area contributed by atoms with Crippen LogP contribution in [0, 0.1) is 0 Å². The van der Waals surface area contributed by atoms with Gasteiger partial charge in [-0.25, -0.2) is 0 Å². The van der Waals surface area contributed by atoms with Gasteiger partial charge in [0.15, 0.2) is 10.4 Å². The Balaban J connectivity index is 1.88. The zero-order valence-electron chi connectivity index (χ0n) is 9.85. The van der Waals surface area contributed by atoms with E-state index in [4.69, 9.17) is 4.42 Å². The summed E-state index contributed by atoms with van der Waals surface area (Å²) in [5.74, 6) is 0.359. The summed E-state index contributed by atoms with van der Waals surface area (Å²) in [5.41, 5.74) is 1.27. The molecule has 1 amide bonds. The molecule has 0 aromatic carbocycles. The number of furan rings is 1. The maximum atomic E-state index is 12.4. The Morgan fingerprint density at radius 3 is 3.06 bits per heavy atom. The molecule has 2 aromatic rings. The molecule has 0 fully saturated rings. The minimum Gasteiger partial charge on any atom is -0.444 e. The lowest BCUT2D eigenvalue weighted by Crippen LogP contribution is -2.38. The summed E-state index contributed by atoms with van der Waals surface area (Å²) in [6.07, 6.45) is 0.935. The molecule has 0 saturated carbocycles. The van der Waals surface area contributed by atoms with E-state index in [1.807, 2.05) is 4.90 Å². The second kappa shape index (κ2) is 4.55. The summed E-state index contributed by atoms with van der Waals surface area (Å²) in [6, 6.07) is 5.69. The number of fused-ring (bicyclic) bond motifs is 1. The van der Waals surface area contributed by atoms with Crippen molar-refractivity contribution in [3.63, 3.8) is 0 Å². The molecule has 3 rings (SSSR count). The van der Waals surface area contributed by atoms with Crippen molar-refractivity contribution in [1.82, 2.24) is 4.90 Å². The maximum Gasteiger partial charge on any atom is 0.290 e. The van der Waals surface area contributed by atoms with Gasteiger partial charge in [0, 0.05) is 11.4 Å². The number of hydrogen-bond donors (Lipinski definition) is 0. The average Bonchev–Trinajstić information content (AvgIpc) is 2.97. The first-order valence-electron chi connectivity index (χ1n) is 5.79. The van der Waals surface area contributed by atoms with E-state index in [0.29, 0.717) is 10.4 Å². The zero-order valence-corrected chi connectivity index (χ0v) is 12.3. The molecule has 1 aliphatic heterocycles. The second-order valence-corrected chi connectivity index (χ2v) is 6.11. The molecular weight excluding hydrogens is 314 g/mol. The molecule has 1 atom stereocenters. The van der Waals surface area contributed by atoms with Gasteiger partial charge in [0.1, 0.15) is 0 Å². The molecule has 3 nitrogen and oxygen atoms in total. The molecule has 18 heavy (non-hydrogen) atoms. The summed E-state index contributed by atoms with van der Waals surface area (Å²) in [5, 5.41) is 2.10. The molecule has 0 aliphatic carbocycles. The molecule has 94 valence electrons. The van der Waals surface area contributed by atoms with Crippen LogP contribution in [0.4, 0.5) is 0 Å². The Morgan fingerprint density at radius 2 is 2.33 bits per heavy atom. The van der Waals surface area contributed by atoms with E-state index in [-0.39, 0.29) is 11.9 Å². The first kappa shape index (κ1) is 12.0. The highest BCUT2D eigenvalue weighted by atomic mass is 79.9. The minimum absolute atomic E-state index is 0.0370. The Bertz CT molecular complexity index is 589. The maximum absolute atomic E-state index is 12.4. The Hall–Kier alpha value is -1.07. The highest BCUT2D eigenvalue weighted by Gasteiger charge is 2.30. The van der Waals surface area contributed by atoms with Crippen molar-refractivity contribution >= 4 is 33.2 Å². The van der Waals surface area contributed by atoms with E-state index in [1.54, 1.807) is 23.5 Å². The normalized spacial score (nSPS) is 18.8. The fourth-order valence-corrected chi connectivity index (χ4v) is 3.63. The van der Waals surface area contributed by atoms with Gasteiger partial charge in [-0.05, 0) is 58.4 Å². The van der Waals surface area contributed by atoms with Gasteiger partial charge >= 0.3 is 0 Å². The van der Waals surface area contributed by atoms with Crippen LogP contribution in [0.25, 0.3) is 0 Å². The molecule has 0 radical (unpaired) electrons. The monoisotopic (exact) mass is 325 g/mol. The second-order valence-electron chi connectivity index (χ2n) is 4.33. The van der Waals surface area contributed by atoms with Gasteiger partial charge in [-0.2, -0.15) is 0 Å². The number of carbonyl (C=O) groups is 1. The fraction of sp³-hybridized carbons (Fsp3) is 0.308. The van der Waals surface area contributed by atoms with E-state index in [1.165, 1.54) is 10.4 Å². The SMILES string of the molecule is CC1c2ccsc2CCN1C(=O)c1ccc(Br)o1. The lowest BCUT2D eigenvalue weighted by Gasteiger charge is -2.33. The van der Waals surface area contributed by atoms with E-state index in [0.717, 1.165) is 13.0 Å². The lowest BCUT2D eigenvalue weighted by molar-refractivity contribution is 0.0645. The number of rotatable bonds is 1. The van der Waals surface area contributed by atoms with E-state index >= 15 is 0 Å². The summed E-state index contributed by atoms with van der Waals surface area (Å²) in [7, 11) is 0. The lowest BCUT2D eigenvalue weighted by atomic mass is 10.0. The Labute approximate surface area is 118 Å². The van der Waals surface area contributed by atoms with Crippen molar-refractivity contribution in [2.75, 3.05) is 6.54 Å². The molecular formula is C13H12BrNO2S. The smallest absolute Gasteiger partial charge is 0.290 e. The molecule has 1 aliphatic rings. The number of halogens is 1. The number of nitrogens with zero attached hydrogens (tertiary/aromatic N) is 1. The molecule has 2 aromatic heterocycles. The third-order valence-electron chi connectivity index (χ3n) is 3.32.